The highest BCUT2D eigenvalue weighted by Gasteiger charge is 2.33. The molecule has 1 N–H and O–H groups in total. The number of halogens is 3. The first kappa shape index (κ1) is 19.0. The van der Waals surface area contributed by atoms with Crippen LogP contribution in [0.15, 0.2) is 68.9 Å². The van der Waals surface area contributed by atoms with Gasteiger partial charge in [-0.1, -0.05) is 53.3 Å². The van der Waals surface area contributed by atoms with Crippen LogP contribution in [-0.2, 0) is 12.7 Å². The zero-order valence-electron chi connectivity index (χ0n) is 14.2. The van der Waals surface area contributed by atoms with Gasteiger partial charge in [-0.25, -0.2) is 0 Å². The third-order valence-corrected chi connectivity index (χ3v) is 4.93. The van der Waals surface area contributed by atoms with Crippen LogP contribution in [0.4, 0.5) is 13.2 Å². The first-order chi connectivity index (χ1) is 12.9. The molecule has 3 rings (SSSR count). The van der Waals surface area contributed by atoms with E-state index in [4.69, 9.17) is 4.52 Å². The predicted octanol–water partition coefficient (Wildman–Crippen LogP) is 5.08. The topological polar surface area (TPSA) is 55.1 Å². The van der Waals surface area contributed by atoms with Crippen LogP contribution in [0, 0.1) is 6.92 Å². The van der Waals surface area contributed by atoms with E-state index in [1.54, 1.807) is 6.92 Å². The quantitative estimate of drug-likeness (QED) is 0.658. The second-order valence-corrected chi connectivity index (χ2v) is 6.76. The number of nitrogens with one attached hydrogen (secondary N) is 1. The van der Waals surface area contributed by atoms with Crippen molar-refractivity contribution in [3.63, 3.8) is 0 Å². The van der Waals surface area contributed by atoms with Gasteiger partial charge in [0.2, 0.25) is 5.76 Å². The molecule has 0 bridgehead atoms. The lowest BCUT2D eigenvalue weighted by Gasteiger charge is -2.13. The van der Waals surface area contributed by atoms with E-state index in [1.807, 2.05) is 30.3 Å². The molecule has 0 fully saturated rings. The molecule has 140 valence electrons. The van der Waals surface area contributed by atoms with Gasteiger partial charge in [0.05, 0.1) is 16.2 Å². The van der Waals surface area contributed by atoms with E-state index in [9.17, 15) is 18.0 Å². The molecular formula is C19H15F3N2O2S. The average Bonchev–Trinajstić information content (AvgIpc) is 3.01. The molecule has 2 aromatic carbocycles. The highest BCUT2D eigenvalue weighted by molar-refractivity contribution is 7.99. The molecule has 0 unspecified atom stereocenters. The number of carbonyl (C=O) groups excluding carboxylic acids is 1. The number of nitrogens with zero attached hydrogens (tertiary/aromatic N) is 1. The Hall–Kier alpha value is -2.74. The Morgan fingerprint density at radius 1 is 1.11 bits per heavy atom. The molecule has 0 saturated heterocycles. The molecule has 0 spiro atoms. The molecule has 0 aliphatic heterocycles. The minimum atomic E-state index is -4.49. The van der Waals surface area contributed by atoms with Gasteiger partial charge in [0.25, 0.3) is 5.91 Å². The fourth-order valence-corrected chi connectivity index (χ4v) is 3.38. The standard InChI is InChI=1S/C19H15F3N2O2S/c1-12-17(27-14-8-3-2-4-9-14)16(26-24-12)18(25)23-11-13-7-5-6-10-15(13)19(20,21)22/h2-10H,11H2,1H3,(H,23,25). The molecule has 1 heterocycles. The summed E-state index contributed by atoms with van der Waals surface area (Å²) in [6.07, 6.45) is -4.49. The summed E-state index contributed by atoms with van der Waals surface area (Å²) in [4.78, 5) is 13.9. The Morgan fingerprint density at radius 2 is 1.78 bits per heavy atom. The third-order valence-electron chi connectivity index (χ3n) is 3.74. The number of aromatic nitrogens is 1. The molecule has 1 amide bonds. The van der Waals surface area contributed by atoms with Gasteiger partial charge in [0.1, 0.15) is 0 Å². The Labute approximate surface area is 157 Å². The first-order valence-electron chi connectivity index (χ1n) is 7.98. The molecular weight excluding hydrogens is 377 g/mol. The van der Waals surface area contributed by atoms with Crippen molar-refractivity contribution in [3.8, 4) is 0 Å². The molecule has 4 nitrogen and oxygen atoms in total. The number of aryl methyl sites for hydroxylation is 1. The van der Waals surface area contributed by atoms with E-state index < -0.39 is 17.6 Å². The van der Waals surface area contributed by atoms with Crippen molar-refractivity contribution in [2.24, 2.45) is 0 Å². The molecule has 1 aromatic heterocycles. The molecule has 8 heteroatoms. The van der Waals surface area contributed by atoms with Gasteiger partial charge < -0.3 is 9.84 Å². The zero-order chi connectivity index (χ0) is 19.4. The van der Waals surface area contributed by atoms with Crippen LogP contribution in [-0.4, -0.2) is 11.1 Å². The van der Waals surface area contributed by atoms with Crippen LogP contribution in [0.1, 0.15) is 27.4 Å². The van der Waals surface area contributed by atoms with Gasteiger partial charge in [0, 0.05) is 11.4 Å². The maximum atomic E-state index is 13.1. The second-order valence-electron chi connectivity index (χ2n) is 5.68. The Balaban J connectivity index is 1.77. The number of alkyl halides is 3. The van der Waals surface area contributed by atoms with Crippen LogP contribution >= 0.6 is 11.8 Å². The molecule has 0 aliphatic rings. The highest BCUT2D eigenvalue weighted by Crippen LogP contribution is 2.34. The van der Waals surface area contributed by atoms with Gasteiger partial charge in [-0.05, 0) is 30.7 Å². The highest BCUT2D eigenvalue weighted by atomic mass is 32.2. The van der Waals surface area contributed by atoms with Gasteiger partial charge in [-0.3, -0.25) is 4.79 Å². The summed E-state index contributed by atoms with van der Waals surface area (Å²) in [6.45, 7) is 1.42. The Morgan fingerprint density at radius 3 is 2.48 bits per heavy atom. The molecule has 0 aliphatic carbocycles. The number of benzene rings is 2. The minimum absolute atomic E-state index is 0.0214. The van der Waals surface area contributed by atoms with E-state index >= 15 is 0 Å². The summed E-state index contributed by atoms with van der Waals surface area (Å²) in [6, 6.07) is 14.4. The average molecular weight is 392 g/mol. The fourth-order valence-electron chi connectivity index (χ4n) is 2.44. The minimum Gasteiger partial charge on any atom is -0.350 e. The van der Waals surface area contributed by atoms with Crippen molar-refractivity contribution in [1.29, 1.82) is 0 Å². The van der Waals surface area contributed by atoms with Crippen LogP contribution < -0.4 is 5.32 Å². The van der Waals surface area contributed by atoms with Crippen molar-refractivity contribution < 1.29 is 22.5 Å². The molecule has 3 aromatic rings. The van der Waals surface area contributed by atoms with Crippen LogP contribution in [0.3, 0.4) is 0 Å². The molecule has 27 heavy (non-hydrogen) atoms. The summed E-state index contributed by atoms with van der Waals surface area (Å²) < 4.78 is 44.3. The normalized spacial score (nSPS) is 11.4. The first-order valence-corrected chi connectivity index (χ1v) is 8.80. The lowest BCUT2D eigenvalue weighted by atomic mass is 10.1. The van der Waals surface area contributed by atoms with Gasteiger partial charge in [0.15, 0.2) is 0 Å². The van der Waals surface area contributed by atoms with Crippen LogP contribution in [0.2, 0.25) is 0 Å². The van der Waals surface area contributed by atoms with E-state index in [1.165, 1.54) is 30.0 Å². The van der Waals surface area contributed by atoms with Crippen molar-refractivity contribution in [1.82, 2.24) is 10.5 Å². The SMILES string of the molecule is Cc1noc(C(=O)NCc2ccccc2C(F)(F)F)c1Sc1ccccc1. The summed E-state index contributed by atoms with van der Waals surface area (Å²) in [5.74, 6) is -0.642. The Bertz CT molecular complexity index is 940. The van der Waals surface area contributed by atoms with Crippen molar-refractivity contribution in [2.75, 3.05) is 0 Å². The fraction of sp³-hybridized carbons (Fsp3) is 0.158. The molecule has 0 saturated carbocycles. The second kappa shape index (κ2) is 7.87. The Kier molecular flexibility index (Phi) is 5.55. The van der Waals surface area contributed by atoms with Crippen molar-refractivity contribution in [3.05, 3.63) is 77.2 Å². The van der Waals surface area contributed by atoms with E-state index in [-0.39, 0.29) is 17.9 Å². The lowest BCUT2D eigenvalue weighted by molar-refractivity contribution is -0.138. The van der Waals surface area contributed by atoms with Gasteiger partial charge in [-0.15, -0.1) is 0 Å². The number of amides is 1. The molecule has 0 atom stereocenters. The zero-order valence-corrected chi connectivity index (χ0v) is 15.0. The largest absolute Gasteiger partial charge is 0.416 e. The predicted molar refractivity (Wildman–Crippen MR) is 94.4 cm³/mol. The summed E-state index contributed by atoms with van der Waals surface area (Å²) in [5, 5.41) is 6.29. The summed E-state index contributed by atoms with van der Waals surface area (Å²) in [5.41, 5.74) is -0.269. The number of hydrogen-bond acceptors (Lipinski definition) is 4. The molecule has 0 radical (unpaired) electrons. The maximum absolute atomic E-state index is 13.1. The monoisotopic (exact) mass is 392 g/mol. The number of hydrogen-bond donors (Lipinski definition) is 1. The van der Waals surface area contributed by atoms with Gasteiger partial charge in [-0.2, -0.15) is 13.2 Å². The third kappa shape index (κ3) is 4.51. The van der Waals surface area contributed by atoms with E-state index in [2.05, 4.69) is 10.5 Å². The smallest absolute Gasteiger partial charge is 0.350 e. The number of rotatable bonds is 5. The van der Waals surface area contributed by atoms with Crippen molar-refractivity contribution >= 4 is 17.7 Å². The van der Waals surface area contributed by atoms with Crippen LogP contribution in [0.5, 0.6) is 0 Å². The summed E-state index contributed by atoms with van der Waals surface area (Å²) >= 11 is 1.31. The van der Waals surface area contributed by atoms with E-state index in [0.717, 1.165) is 11.0 Å². The lowest BCUT2D eigenvalue weighted by Crippen LogP contribution is -2.24. The maximum Gasteiger partial charge on any atom is 0.416 e. The number of carbonyl (C=O) groups is 1. The summed E-state index contributed by atoms with van der Waals surface area (Å²) in [7, 11) is 0. The van der Waals surface area contributed by atoms with E-state index in [0.29, 0.717) is 10.6 Å². The van der Waals surface area contributed by atoms with Gasteiger partial charge >= 0.3 is 6.18 Å². The van der Waals surface area contributed by atoms with Crippen molar-refractivity contribution in [2.45, 2.75) is 29.4 Å². The van der Waals surface area contributed by atoms with Crippen LogP contribution in [0.25, 0.3) is 0 Å².